The number of methoxy groups -OCH3 is 2. The largest absolute Gasteiger partial charge is 0.494 e. The molecule has 0 aliphatic heterocycles. The molecule has 12 heteroatoms. The van der Waals surface area contributed by atoms with Gasteiger partial charge in [0.1, 0.15) is 17.4 Å². The number of hydrogen-bond donors (Lipinski definition) is 3. The lowest BCUT2D eigenvalue weighted by atomic mass is 10.1. The molecule has 0 bridgehead atoms. The molecule has 0 spiro atoms. The number of ether oxygens (including phenoxy) is 2. The van der Waals surface area contributed by atoms with Gasteiger partial charge in [0.25, 0.3) is 0 Å². The monoisotopic (exact) mass is 586 g/mol. The summed E-state index contributed by atoms with van der Waals surface area (Å²) in [5.41, 5.74) is 3.33. The summed E-state index contributed by atoms with van der Waals surface area (Å²) >= 11 is 0. The molecule has 0 aliphatic rings. The number of carbonyl (C=O) groups is 1. The molecular weight excluding hydrogens is 551 g/mol. The fourth-order valence-corrected chi connectivity index (χ4v) is 4.13. The Morgan fingerprint density at radius 1 is 0.953 bits per heavy atom. The number of halogens is 1. The molecule has 0 unspecified atom stereocenters. The summed E-state index contributed by atoms with van der Waals surface area (Å²) in [7, 11) is 9.01. The molecule has 2 aromatic carbocycles. The van der Waals surface area contributed by atoms with E-state index < -0.39 is 5.82 Å². The first-order valence-electron chi connectivity index (χ1n) is 13.4. The van der Waals surface area contributed by atoms with Crippen LogP contribution in [0.4, 0.5) is 38.9 Å². The highest BCUT2D eigenvalue weighted by atomic mass is 19.1. The normalized spacial score (nSPS) is 10.7. The van der Waals surface area contributed by atoms with Gasteiger partial charge in [-0.3, -0.25) is 4.79 Å². The van der Waals surface area contributed by atoms with Crippen molar-refractivity contribution in [3.8, 4) is 22.8 Å². The number of nitrogens with one attached hydrogen (secondary N) is 3. The minimum absolute atomic E-state index is 0.206. The van der Waals surface area contributed by atoms with Gasteiger partial charge in [0.15, 0.2) is 0 Å². The number of pyridine rings is 1. The summed E-state index contributed by atoms with van der Waals surface area (Å²) in [5.74, 6) is 0.703. The SMILES string of the molecule is C=CC(=O)Nc1cc(Nc2ncc(-c3ccc(OC)nc3)c(Nc3ccccc3F)n2)c(OC)cc1N(C)CCN(C)C. The maximum atomic E-state index is 14.6. The number of para-hydroxylation sites is 1. The first kappa shape index (κ1) is 30.7. The summed E-state index contributed by atoms with van der Waals surface area (Å²) < 4.78 is 25.5. The lowest BCUT2D eigenvalue weighted by molar-refractivity contribution is -0.111. The van der Waals surface area contributed by atoms with E-state index in [0.29, 0.717) is 46.5 Å². The van der Waals surface area contributed by atoms with E-state index in [0.717, 1.165) is 12.2 Å². The van der Waals surface area contributed by atoms with Crippen molar-refractivity contribution in [2.45, 2.75) is 0 Å². The number of hydrogen-bond acceptors (Lipinski definition) is 10. The zero-order chi connectivity index (χ0) is 30.9. The van der Waals surface area contributed by atoms with E-state index in [9.17, 15) is 9.18 Å². The molecule has 0 saturated carbocycles. The third-order valence-electron chi connectivity index (χ3n) is 6.47. The summed E-state index contributed by atoms with van der Waals surface area (Å²) in [6, 6.07) is 13.4. The van der Waals surface area contributed by atoms with E-state index in [1.165, 1.54) is 19.3 Å². The van der Waals surface area contributed by atoms with Crippen molar-refractivity contribution in [2.75, 3.05) is 69.3 Å². The Morgan fingerprint density at radius 2 is 1.74 bits per heavy atom. The van der Waals surface area contributed by atoms with Crippen LogP contribution in [0.3, 0.4) is 0 Å². The van der Waals surface area contributed by atoms with Gasteiger partial charge >= 0.3 is 0 Å². The number of nitrogens with zero attached hydrogens (tertiary/aromatic N) is 5. The summed E-state index contributed by atoms with van der Waals surface area (Å²) in [6.45, 7) is 5.08. The third-order valence-corrected chi connectivity index (χ3v) is 6.47. The smallest absolute Gasteiger partial charge is 0.247 e. The van der Waals surface area contributed by atoms with Crippen LogP contribution in [0, 0.1) is 5.82 Å². The van der Waals surface area contributed by atoms with Crippen LogP contribution in [0.1, 0.15) is 0 Å². The van der Waals surface area contributed by atoms with Gasteiger partial charge in [-0.15, -0.1) is 0 Å². The van der Waals surface area contributed by atoms with E-state index in [1.54, 1.807) is 49.8 Å². The average molecular weight is 587 g/mol. The van der Waals surface area contributed by atoms with E-state index in [-0.39, 0.29) is 17.5 Å². The van der Waals surface area contributed by atoms with Crippen molar-refractivity contribution in [3.05, 3.63) is 79.4 Å². The summed E-state index contributed by atoms with van der Waals surface area (Å²) in [5, 5.41) is 9.15. The van der Waals surface area contributed by atoms with E-state index in [4.69, 9.17) is 9.47 Å². The Hall–Kier alpha value is -5.23. The Bertz CT molecular complexity index is 1580. The van der Waals surface area contributed by atoms with Crippen molar-refractivity contribution in [2.24, 2.45) is 0 Å². The maximum absolute atomic E-state index is 14.6. The molecule has 11 nitrogen and oxygen atoms in total. The van der Waals surface area contributed by atoms with Crippen LogP contribution in [0.15, 0.2) is 73.6 Å². The Morgan fingerprint density at radius 3 is 2.40 bits per heavy atom. The van der Waals surface area contributed by atoms with E-state index >= 15 is 0 Å². The van der Waals surface area contributed by atoms with Gasteiger partial charge in [0, 0.05) is 55.8 Å². The number of amides is 1. The van der Waals surface area contributed by atoms with Crippen molar-refractivity contribution >= 4 is 40.4 Å². The van der Waals surface area contributed by atoms with Gasteiger partial charge in [0.2, 0.25) is 17.7 Å². The van der Waals surface area contributed by atoms with E-state index in [1.807, 2.05) is 38.2 Å². The highest BCUT2D eigenvalue weighted by molar-refractivity contribution is 6.02. The third kappa shape index (κ3) is 7.74. The average Bonchev–Trinajstić information content (AvgIpc) is 3.01. The Labute approximate surface area is 250 Å². The molecule has 224 valence electrons. The quantitative estimate of drug-likeness (QED) is 0.178. The molecule has 0 aliphatic carbocycles. The van der Waals surface area contributed by atoms with Crippen LogP contribution in [-0.4, -0.2) is 74.2 Å². The van der Waals surface area contributed by atoms with Crippen LogP contribution in [0.25, 0.3) is 11.1 Å². The highest BCUT2D eigenvalue weighted by Gasteiger charge is 2.18. The maximum Gasteiger partial charge on any atom is 0.247 e. The molecule has 4 aromatic rings. The Kier molecular flexibility index (Phi) is 10.1. The number of benzene rings is 2. The van der Waals surface area contributed by atoms with E-state index in [2.05, 4.69) is 42.4 Å². The topological polar surface area (TPSA) is 117 Å². The van der Waals surface area contributed by atoms with Crippen molar-refractivity contribution < 1.29 is 18.7 Å². The number of carbonyl (C=O) groups excluding carboxylic acids is 1. The molecule has 2 heterocycles. The van der Waals surface area contributed by atoms with Crippen LogP contribution >= 0.6 is 0 Å². The molecule has 3 N–H and O–H groups in total. The lowest BCUT2D eigenvalue weighted by Gasteiger charge is -2.26. The standard InChI is InChI=1S/C31H35FN8O3/c1-7-28(41)35-24-16-25(27(42-5)17-26(24)40(4)15-14-39(2)3)37-31-34-19-21(20-12-13-29(43-6)33-18-20)30(38-31)36-23-11-9-8-10-22(23)32/h7-13,16-19H,1,14-15H2,2-6H3,(H,35,41)(H2,34,36,37,38). The number of rotatable bonds is 13. The predicted molar refractivity (Wildman–Crippen MR) is 168 cm³/mol. The zero-order valence-corrected chi connectivity index (χ0v) is 24.8. The van der Waals surface area contributed by atoms with Crippen molar-refractivity contribution in [1.29, 1.82) is 0 Å². The van der Waals surface area contributed by atoms with Gasteiger partial charge in [0.05, 0.1) is 37.0 Å². The van der Waals surface area contributed by atoms with Crippen LogP contribution in [0.5, 0.6) is 11.6 Å². The first-order valence-corrected chi connectivity index (χ1v) is 13.4. The molecule has 43 heavy (non-hydrogen) atoms. The summed E-state index contributed by atoms with van der Waals surface area (Å²) in [4.78, 5) is 29.9. The molecule has 1 amide bonds. The van der Waals surface area contributed by atoms with Crippen molar-refractivity contribution in [3.63, 3.8) is 0 Å². The fourth-order valence-electron chi connectivity index (χ4n) is 4.13. The zero-order valence-electron chi connectivity index (χ0n) is 24.8. The van der Waals surface area contributed by atoms with Crippen LogP contribution < -0.4 is 30.3 Å². The number of likely N-dealkylation sites (N-methyl/N-ethyl adjacent to an activating group) is 2. The number of anilines is 6. The second-order valence-electron chi connectivity index (χ2n) is 9.76. The minimum atomic E-state index is -0.437. The van der Waals surface area contributed by atoms with Gasteiger partial charge in [-0.05, 0) is 44.4 Å². The van der Waals surface area contributed by atoms with Gasteiger partial charge in [-0.25, -0.2) is 14.4 Å². The molecule has 0 saturated heterocycles. The van der Waals surface area contributed by atoms with Gasteiger partial charge < -0.3 is 35.2 Å². The first-order chi connectivity index (χ1) is 20.7. The second kappa shape index (κ2) is 14.1. The van der Waals surface area contributed by atoms with Gasteiger partial charge in [-0.2, -0.15) is 4.98 Å². The van der Waals surface area contributed by atoms with Crippen LogP contribution in [0.2, 0.25) is 0 Å². The highest BCUT2D eigenvalue weighted by Crippen LogP contribution is 2.38. The lowest BCUT2D eigenvalue weighted by Crippen LogP contribution is -2.29. The Balaban J connectivity index is 1.75. The van der Waals surface area contributed by atoms with Crippen molar-refractivity contribution in [1.82, 2.24) is 19.9 Å². The molecule has 0 atom stereocenters. The second-order valence-corrected chi connectivity index (χ2v) is 9.76. The molecular formula is C31H35FN8O3. The molecule has 2 aromatic heterocycles. The number of aromatic nitrogens is 3. The predicted octanol–water partition coefficient (Wildman–Crippen LogP) is 5.30. The molecule has 4 rings (SSSR count). The van der Waals surface area contributed by atoms with Gasteiger partial charge in [-0.1, -0.05) is 18.7 Å². The fraction of sp³-hybridized carbons (Fsp3) is 0.226. The molecule has 0 fully saturated rings. The summed E-state index contributed by atoms with van der Waals surface area (Å²) in [6.07, 6.45) is 4.44. The van der Waals surface area contributed by atoms with Crippen LogP contribution in [-0.2, 0) is 4.79 Å². The molecule has 0 radical (unpaired) electrons. The minimum Gasteiger partial charge on any atom is -0.494 e.